The van der Waals surface area contributed by atoms with Crippen LogP contribution in [0.5, 0.6) is 11.5 Å². The number of methoxy groups -OCH3 is 1. The molecule has 1 N–H and O–H groups in total. The van der Waals surface area contributed by atoms with Crippen molar-refractivity contribution >= 4 is 90.2 Å². The molecule has 4 rings (SSSR count). The Morgan fingerprint density at radius 1 is 0.930 bits per heavy atom. The molecule has 0 spiro atoms. The molecule has 0 aliphatic rings. The van der Waals surface area contributed by atoms with Crippen LogP contribution in [0.3, 0.4) is 0 Å². The quantitative estimate of drug-likeness (QED) is 0.124. The molecule has 0 unspecified atom stereocenters. The first-order chi connectivity index (χ1) is 20.5. The Kier molecular flexibility index (Phi) is 11.2. The van der Waals surface area contributed by atoms with Crippen LogP contribution in [0.15, 0.2) is 93.3 Å². The van der Waals surface area contributed by atoms with Crippen molar-refractivity contribution in [2.24, 2.45) is 5.10 Å². The van der Waals surface area contributed by atoms with Crippen molar-refractivity contribution < 1.29 is 22.7 Å². The van der Waals surface area contributed by atoms with Gasteiger partial charge in [0.05, 0.1) is 48.5 Å². The maximum atomic E-state index is 13.5. The molecule has 0 aliphatic carbocycles. The molecule has 8 nitrogen and oxygen atoms in total. The zero-order valence-electron chi connectivity index (χ0n) is 22.2. The molecule has 0 atom stereocenters. The summed E-state index contributed by atoms with van der Waals surface area (Å²) in [6.45, 7) is -0.377. The lowest BCUT2D eigenvalue weighted by Gasteiger charge is -2.24. The second-order valence-electron chi connectivity index (χ2n) is 8.79. The minimum Gasteiger partial charge on any atom is -0.493 e. The number of ether oxygens (including phenoxy) is 2. The van der Waals surface area contributed by atoms with Gasteiger partial charge < -0.3 is 9.47 Å². The van der Waals surface area contributed by atoms with Gasteiger partial charge in [0.15, 0.2) is 11.5 Å². The van der Waals surface area contributed by atoms with Crippen LogP contribution in [0, 0.1) is 0 Å². The Hall–Kier alpha value is -2.99. The number of carbonyl (C=O) groups is 1. The highest BCUT2D eigenvalue weighted by Crippen LogP contribution is 2.37. The van der Waals surface area contributed by atoms with Crippen LogP contribution in [0.1, 0.15) is 11.1 Å². The van der Waals surface area contributed by atoms with Crippen LogP contribution in [-0.2, 0) is 21.4 Å². The smallest absolute Gasteiger partial charge is 0.264 e. The van der Waals surface area contributed by atoms with E-state index < -0.39 is 22.5 Å². The number of nitrogens with one attached hydrogen (secondary N) is 1. The fourth-order valence-electron chi connectivity index (χ4n) is 3.76. The standard InChI is InChI=1S/C29H22BrCl4N3O5S/c1-41-27-13-19(11-22(30)29(27)42-17-18-7-9-23(31)25(33)12-18)15-35-36-28(38)16-37(20-8-10-24(32)26(34)14-20)43(39,40)21-5-3-2-4-6-21/h2-15H,16-17H2,1H3,(H,36,38)/b35-15-. The van der Waals surface area contributed by atoms with Gasteiger partial charge >= 0.3 is 0 Å². The van der Waals surface area contributed by atoms with Gasteiger partial charge in [0, 0.05) is 0 Å². The van der Waals surface area contributed by atoms with Crippen molar-refractivity contribution in [1.82, 2.24) is 5.43 Å². The summed E-state index contributed by atoms with van der Waals surface area (Å²) in [7, 11) is -2.65. The molecule has 0 heterocycles. The second-order valence-corrected chi connectivity index (χ2v) is 13.1. The Morgan fingerprint density at radius 3 is 2.26 bits per heavy atom. The molecule has 224 valence electrons. The van der Waals surface area contributed by atoms with E-state index in [0.717, 1.165) is 9.87 Å². The summed E-state index contributed by atoms with van der Waals surface area (Å²) in [5.74, 6) is 0.148. The number of hydrogen-bond donors (Lipinski definition) is 1. The summed E-state index contributed by atoms with van der Waals surface area (Å²) in [5, 5.41) is 5.23. The maximum Gasteiger partial charge on any atom is 0.264 e. The van der Waals surface area contributed by atoms with Gasteiger partial charge in [-0.2, -0.15) is 5.10 Å². The fourth-order valence-corrected chi connectivity index (χ4v) is 6.38. The zero-order valence-corrected chi connectivity index (χ0v) is 27.7. The summed E-state index contributed by atoms with van der Waals surface area (Å²) in [5.41, 5.74) is 3.88. The molecule has 4 aromatic carbocycles. The van der Waals surface area contributed by atoms with Crippen LogP contribution in [0.2, 0.25) is 20.1 Å². The molecule has 0 bridgehead atoms. The van der Waals surface area contributed by atoms with Gasteiger partial charge in [0.25, 0.3) is 15.9 Å². The number of rotatable bonds is 11. The van der Waals surface area contributed by atoms with Crippen molar-refractivity contribution in [2.45, 2.75) is 11.5 Å². The first-order valence-electron chi connectivity index (χ1n) is 12.3. The third-order valence-electron chi connectivity index (χ3n) is 5.83. The Morgan fingerprint density at radius 2 is 1.60 bits per heavy atom. The molecule has 0 radical (unpaired) electrons. The number of halogens is 5. The number of sulfonamides is 1. The van der Waals surface area contributed by atoms with Gasteiger partial charge in [-0.15, -0.1) is 0 Å². The number of benzene rings is 4. The van der Waals surface area contributed by atoms with E-state index in [1.54, 1.807) is 48.5 Å². The van der Waals surface area contributed by atoms with Crippen LogP contribution >= 0.6 is 62.3 Å². The Labute approximate surface area is 277 Å². The zero-order chi connectivity index (χ0) is 31.1. The molecular formula is C29H22BrCl4N3O5S. The average Bonchev–Trinajstić information content (AvgIpc) is 2.98. The number of carbonyl (C=O) groups excluding carboxylic acids is 1. The summed E-state index contributed by atoms with van der Waals surface area (Å²) >= 11 is 27.7. The number of nitrogens with zero attached hydrogens (tertiary/aromatic N) is 2. The van der Waals surface area contributed by atoms with Gasteiger partial charge in [-0.25, -0.2) is 13.8 Å². The minimum atomic E-state index is -4.14. The Bertz CT molecular complexity index is 1780. The van der Waals surface area contributed by atoms with Gasteiger partial charge in [0.2, 0.25) is 0 Å². The monoisotopic (exact) mass is 743 g/mol. The van der Waals surface area contributed by atoms with Crippen molar-refractivity contribution in [3.8, 4) is 11.5 Å². The number of hydrazone groups is 1. The number of anilines is 1. The van der Waals surface area contributed by atoms with E-state index in [-0.39, 0.29) is 27.2 Å². The molecule has 1 amide bonds. The van der Waals surface area contributed by atoms with Crippen LogP contribution in [-0.4, -0.2) is 34.2 Å². The lowest BCUT2D eigenvalue weighted by Crippen LogP contribution is -2.39. The highest BCUT2D eigenvalue weighted by molar-refractivity contribution is 9.10. The normalized spacial score (nSPS) is 11.4. The number of amides is 1. The van der Waals surface area contributed by atoms with Crippen molar-refractivity contribution in [1.29, 1.82) is 0 Å². The van der Waals surface area contributed by atoms with Gasteiger partial charge in [-0.1, -0.05) is 70.7 Å². The average molecular weight is 746 g/mol. The summed E-state index contributed by atoms with van der Waals surface area (Å²) in [4.78, 5) is 12.9. The SMILES string of the molecule is COc1cc(/C=N\NC(=O)CN(c2ccc(Cl)c(Cl)c2)S(=O)(=O)c2ccccc2)cc(Br)c1OCc1ccc(Cl)c(Cl)c1. The predicted octanol–water partition coefficient (Wildman–Crippen LogP) is 8.00. The highest BCUT2D eigenvalue weighted by Gasteiger charge is 2.27. The molecule has 14 heteroatoms. The van der Waals surface area contributed by atoms with E-state index in [9.17, 15) is 13.2 Å². The van der Waals surface area contributed by atoms with E-state index in [4.69, 9.17) is 55.9 Å². The lowest BCUT2D eigenvalue weighted by atomic mass is 10.2. The maximum absolute atomic E-state index is 13.5. The van der Waals surface area contributed by atoms with Crippen molar-refractivity contribution in [2.75, 3.05) is 18.0 Å². The van der Waals surface area contributed by atoms with E-state index in [0.29, 0.717) is 31.6 Å². The molecule has 0 saturated carbocycles. The topological polar surface area (TPSA) is 97.3 Å². The van der Waals surface area contributed by atoms with Crippen LogP contribution < -0.4 is 19.2 Å². The molecule has 0 aromatic heterocycles. The van der Waals surface area contributed by atoms with Crippen LogP contribution in [0.4, 0.5) is 5.69 Å². The van der Waals surface area contributed by atoms with Crippen LogP contribution in [0.25, 0.3) is 0 Å². The summed E-state index contributed by atoms with van der Waals surface area (Å²) in [6.07, 6.45) is 1.38. The predicted molar refractivity (Wildman–Crippen MR) is 175 cm³/mol. The molecule has 0 aliphatic heterocycles. The molecule has 43 heavy (non-hydrogen) atoms. The first kappa shape index (κ1) is 32.9. The van der Waals surface area contributed by atoms with Gasteiger partial charge in [0.1, 0.15) is 13.2 Å². The third-order valence-corrected chi connectivity index (χ3v) is 9.69. The second kappa shape index (κ2) is 14.7. The van der Waals surface area contributed by atoms with E-state index in [1.807, 2.05) is 0 Å². The van der Waals surface area contributed by atoms with Crippen molar-refractivity contribution in [3.63, 3.8) is 0 Å². The summed E-state index contributed by atoms with van der Waals surface area (Å²) in [6, 6.07) is 20.6. The molecule has 4 aromatic rings. The van der Waals surface area contributed by atoms with Crippen molar-refractivity contribution in [3.05, 3.63) is 115 Å². The van der Waals surface area contributed by atoms with Gasteiger partial charge in [-0.3, -0.25) is 9.10 Å². The number of hydrogen-bond acceptors (Lipinski definition) is 6. The van der Waals surface area contributed by atoms with E-state index in [2.05, 4.69) is 26.5 Å². The summed E-state index contributed by atoms with van der Waals surface area (Å²) < 4.78 is 39.8. The molecule has 0 saturated heterocycles. The van der Waals surface area contributed by atoms with E-state index in [1.165, 1.54) is 43.7 Å². The van der Waals surface area contributed by atoms with Gasteiger partial charge in [-0.05, 0) is 81.7 Å². The fraction of sp³-hybridized carbons (Fsp3) is 0.103. The largest absolute Gasteiger partial charge is 0.493 e. The third kappa shape index (κ3) is 8.35. The minimum absolute atomic E-state index is 0.00390. The Balaban J connectivity index is 1.49. The lowest BCUT2D eigenvalue weighted by molar-refractivity contribution is -0.119. The first-order valence-corrected chi connectivity index (χ1v) is 16.0. The molecular weight excluding hydrogens is 724 g/mol. The molecule has 0 fully saturated rings. The highest BCUT2D eigenvalue weighted by atomic mass is 79.9. The van der Waals surface area contributed by atoms with E-state index >= 15 is 0 Å².